The maximum absolute atomic E-state index is 6.00. The SMILES string of the molecule is COc1cc(OC)c2cnc(-c3cc(C)c(OCCNC(C)C)c(C)c3)nc2c1. The number of benzene rings is 2. The molecule has 29 heavy (non-hydrogen) atoms. The van der Waals surface area contributed by atoms with E-state index in [1.807, 2.05) is 12.1 Å². The molecule has 1 N–H and O–H groups in total. The predicted molar refractivity (Wildman–Crippen MR) is 116 cm³/mol. The van der Waals surface area contributed by atoms with Gasteiger partial charge in [-0.15, -0.1) is 0 Å². The van der Waals surface area contributed by atoms with E-state index in [1.165, 1.54) is 0 Å². The van der Waals surface area contributed by atoms with Crippen LogP contribution in [0.25, 0.3) is 22.3 Å². The van der Waals surface area contributed by atoms with E-state index >= 15 is 0 Å². The van der Waals surface area contributed by atoms with E-state index in [2.05, 4.69) is 50.1 Å². The Morgan fingerprint density at radius 2 is 1.72 bits per heavy atom. The summed E-state index contributed by atoms with van der Waals surface area (Å²) in [5.41, 5.74) is 3.87. The Morgan fingerprint density at radius 1 is 1.00 bits per heavy atom. The summed E-state index contributed by atoms with van der Waals surface area (Å²) >= 11 is 0. The maximum atomic E-state index is 6.00. The number of hydrogen-bond acceptors (Lipinski definition) is 6. The average Bonchev–Trinajstić information content (AvgIpc) is 2.70. The van der Waals surface area contributed by atoms with E-state index in [0.717, 1.165) is 39.9 Å². The predicted octanol–water partition coefficient (Wildman–Crippen LogP) is 4.31. The lowest BCUT2D eigenvalue weighted by Gasteiger charge is -2.15. The van der Waals surface area contributed by atoms with Crippen molar-refractivity contribution in [3.63, 3.8) is 0 Å². The van der Waals surface area contributed by atoms with E-state index < -0.39 is 0 Å². The summed E-state index contributed by atoms with van der Waals surface area (Å²) in [6, 6.07) is 8.31. The van der Waals surface area contributed by atoms with Gasteiger partial charge in [-0.25, -0.2) is 9.97 Å². The van der Waals surface area contributed by atoms with Crippen molar-refractivity contribution in [2.24, 2.45) is 0 Å². The second-order valence-corrected chi connectivity index (χ2v) is 7.35. The number of nitrogens with zero attached hydrogens (tertiary/aromatic N) is 2. The van der Waals surface area contributed by atoms with E-state index in [4.69, 9.17) is 19.2 Å². The van der Waals surface area contributed by atoms with Crippen molar-refractivity contribution in [1.29, 1.82) is 0 Å². The van der Waals surface area contributed by atoms with Gasteiger partial charge < -0.3 is 19.5 Å². The van der Waals surface area contributed by atoms with Crippen molar-refractivity contribution in [2.45, 2.75) is 33.7 Å². The van der Waals surface area contributed by atoms with Crippen molar-refractivity contribution < 1.29 is 14.2 Å². The Kier molecular flexibility index (Phi) is 6.54. The molecule has 2 aromatic carbocycles. The minimum Gasteiger partial charge on any atom is -0.497 e. The van der Waals surface area contributed by atoms with Gasteiger partial charge in [0.2, 0.25) is 0 Å². The smallest absolute Gasteiger partial charge is 0.159 e. The molecule has 0 unspecified atom stereocenters. The second kappa shape index (κ2) is 9.09. The molecule has 0 radical (unpaired) electrons. The minimum absolute atomic E-state index is 0.450. The zero-order valence-corrected chi connectivity index (χ0v) is 18.0. The molecule has 0 aliphatic heterocycles. The molecule has 1 heterocycles. The third-order valence-corrected chi connectivity index (χ3v) is 4.71. The zero-order valence-electron chi connectivity index (χ0n) is 18.0. The van der Waals surface area contributed by atoms with Crippen LogP contribution in [-0.2, 0) is 0 Å². The number of nitrogens with one attached hydrogen (secondary N) is 1. The van der Waals surface area contributed by atoms with Gasteiger partial charge in [-0.2, -0.15) is 0 Å². The number of rotatable bonds is 8. The van der Waals surface area contributed by atoms with E-state index in [0.29, 0.717) is 30.0 Å². The minimum atomic E-state index is 0.450. The molecule has 0 spiro atoms. The first-order chi connectivity index (χ1) is 13.9. The number of fused-ring (bicyclic) bond motifs is 1. The van der Waals surface area contributed by atoms with E-state index in [9.17, 15) is 0 Å². The summed E-state index contributed by atoms with van der Waals surface area (Å²) in [5, 5.41) is 4.21. The number of aryl methyl sites for hydroxylation is 2. The third-order valence-electron chi connectivity index (χ3n) is 4.71. The van der Waals surface area contributed by atoms with E-state index in [-0.39, 0.29) is 0 Å². The molecule has 6 nitrogen and oxygen atoms in total. The summed E-state index contributed by atoms with van der Waals surface area (Å²) < 4.78 is 16.8. The van der Waals surface area contributed by atoms with Crippen molar-refractivity contribution in [3.05, 3.63) is 41.6 Å². The van der Waals surface area contributed by atoms with Crippen LogP contribution >= 0.6 is 0 Å². The van der Waals surface area contributed by atoms with Crippen LogP contribution in [0.5, 0.6) is 17.2 Å². The molecule has 0 aliphatic carbocycles. The summed E-state index contributed by atoms with van der Waals surface area (Å²) in [6.45, 7) is 9.80. The van der Waals surface area contributed by atoms with Crippen molar-refractivity contribution >= 4 is 10.9 Å². The first-order valence-electron chi connectivity index (χ1n) is 9.79. The van der Waals surface area contributed by atoms with Crippen molar-refractivity contribution in [2.75, 3.05) is 27.4 Å². The van der Waals surface area contributed by atoms with Crippen molar-refractivity contribution in [1.82, 2.24) is 15.3 Å². The van der Waals surface area contributed by atoms with E-state index in [1.54, 1.807) is 20.4 Å². The van der Waals surface area contributed by atoms with Crippen LogP contribution in [0.3, 0.4) is 0 Å². The fraction of sp³-hybridized carbons (Fsp3) is 0.391. The first kappa shape index (κ1) is 20.9. The Bertz CT molecular complexity index is 979. The summed E-state index contributed by atoms with van der Waals surface area (Å²) in [7, 11) is 3.26. The van der Waals surface area contributed by atoms with Crippen molar-refractivity contribution in [3.8, 4) is 28.6 Å². The molecule has 1 aromatic heterocycles. The average molecular weight is 396 g/mol. The number of hydrogen-bond donors (Lipinski definition) is 1. The van der Waals surface area contributed by atoms with Crippen LogP contribution in [0.1, 0.15) is 25.0 Å². The molecule has 0 saturated heterocycles. The Morgan fingerprint density at radius 3 is 2.34 bits per heavy atom. The fourth-order valence-electron chi connectivity index (χ4n) is 3.31. The van der Waals surface area contributed by atoms with Gasteiger partial charge in [-0.05, 0) is 37.1 Å². The molecule has 0 atom stereocenters. The monoisotopic (exact) mass is 395 g/mol. The Labute approximate surface area is 172 Å². The van der Waals surface area contributed by atoms with Crippen LogP contribution in [-0.4, -0.2) is 43.4 Å². The van der Waals surface area contributed by atoms with Crippen LogP contribution in [0.15, 0.2) is 30.5 Å². The molecule has 6 heteroatoms. The van der Waals surface area contributed by atoms with Gasteiger partial charge in [-0.1, -0.05) is 13.8 Å². The van der Waals surface area contributed by atoms with Gasteiger partial charge in [0.05, 0.1) is 25.1 Å². The lowest BCUT2D eigenvalue weighted by atomic mass is 10.0. The standard InChI is InChI=1S/C23H29N3O3/c1-14(2)24-7-8-29-22-15(3)9-17(10-16(22)4)23-25-13-19-20(26-23)11-18(27-5)12-21(19)28-6/h9-14,24H,7-8H2,1-6H3. The molecule has 0 fully saturated rings. The van der Waals surface area contributed by atoms with Gasteiger partial charge >= 0.3 is 0 Å². The van der Waals surface area contributed by atoms with Gasteiger partial charge in [0.1, 0.15) is 23.9 Å². The molecule has 3 rings (SSSR count). The topological polar surface area (TPSA) is 65.5 Å². The summed E-state index contributed by atoms with van der Waals surface area (Å²) in [4.78, 5) is 9.31. The molecular formula is C23H29N3O3. The zero-order chi connectivity index (χ0) is 21.0. The number of ether oxygens (including phenoxy) is 3. The Balaban J connectivity index is 1.91. The van der Waals surface area contributed by atoms with Crippen LogP contribution < -0.4 is 19.5 Å². The van der Waals surface area contributed by atoms with Crippen LogP contribution in [0, 0.1) is 13.8 Å². The molecule has 0 saturated carbocycles. The number of aromatic nitrogens is 2. The van der Waals surface area contributed by atoms with Gasteiger partial charge in [0.15, 0.2) is 5.82 Å². The second-order valence-electron chi connectivity index (χ2n) is 7.35. The summed E-state index contributed by atoms with van der Waals surface area (Å²) in [5.74, 6) is 2.97. The molecule has 3 aromatic rings. The molecule has 0 bridgehead atoms. The highest BCUT2D eigenvalue weighted by atomic mass is 16.5. The van der Waals surface area contributed by atoms with Crippen LogP contribution in [0.4, 0.5) is 0 Å². The molecular weight excluding hydrogens is 366 g/mol. The normalized spacial score (nSPS) is 11.1. The quantitative estimate of drug-likeness (QED) is 0.574. The van der Waals surface area contributed by atoms with Crippen LogP contribution in [0.2, 0.25) is 0 Å². The largest absolute Gasteiger partial charge is 0.497 e. The lowest BCUT2D eigenvalue weighted by molar-refractivity contribution is 0.305. The highest BCUT2D eigenvalue weighted by Crippen LogP contribution is 2.33. The molecule has 0 amide bonds. The molecule has 0 aliphatic rings. The maximum Gasteiger partial charge on any atom is 0.159 e. The Hall–Kier alpha value is -2.86. The highest BCUT2D eigenvalue weighted by molar-refractivity contribution is 5.87. The first-order valence-corrected chi connectivity index (χ1v) is 9.79. The lowest BCUT2D eigenvalue weighted by Crippen LogP contribution is -2.27. The van der Waals surface area contributed by atoms with Gasteiger partial charge in [0, 0.05) is 36.5 Å². The third kappa shape index (κ3) is 4.77. The van der Waals surface area contributed by atoms with Gasteiger partial charge in [-0.3, -0.25) is 0 Å². The number of methoxy groups -OCH3 is 2. The highest BCUT2D eigenvalue weighted by Gasteiger charge is 2.13. The van der Waals surface area contributed by atoms with Gasteiger partial charge in [0.25, 0.3) is 0 Å². The fourth-order valence-corrected chi connectivity index (χ4v) is 3.31. The summed E-state index contributed by atoms with van der Waals surface area (Å²) in [6.07, 6.45) is 1.79. The molecule has 154 valence electrons.